The largest absolute Gasteiger partial charge is 0.0843 e. The minimum absolute atomic E-state index is 0.770. The van der Waals surface area contributed by atoms with Crippen molar-refractivity contribution in [1.29, 1.82) is 0 Å². The van der Waals surface area contributed by atoms with Crippen molar-refractivity contribution in [2.75, 3.05) is 0 Å². The van der Waals surface area contributed by atoms with Gasteiger partial charge in [0.1, 0.15) is 0 Å². The number of rotatable bonds is 1. The minimum atomic E-state index is 0.770. The molecule has 1 aliphatic rings. The zero-order valence-electron chi connectivity index (χ0n) is 12.4. The first-order chi connectivity index (χ1) is 11.3. The predicted molar refractivity (Wildman–Crippen MR) is 98.8 cm³/mol. The van der Waals surface area contributed by atoms with Gasteiger partial charge in [0.15, 0.2) is 0 Å². The second-order valence-corrected chi connectivity index (χ2v) is 6.38. The molecule has 0 unspecified atom stereocenters. The highest BCUT2D eigenvalue weighted by molar-refractivity contribution is 6.30. The monoisotopic (exact) mass is 312 g/mol. The first-order valence-electron chi connectivity index (χ1n) is 7.74. The number of hydrogen-bond donors (Lipinski definition) is 0. The van der Waals surface area contributed by atoms with Crippen LogP contribution in [0.15, 0.2) is 78.9 Å². The van der Waals surface area contributed by atoms with E-state index in [1.54, 1.807) is 0 Å². The SMILES string of the molecule is Clc1ccc(-c2ccc3c4c(cccc24)-c2ccccc2-3)cc1. The maximum Gasteiger partial charge on any atom is 0.0406 e. The topological polar surface area (TPSA) is 0 Å². The van der Waals surface area contributed by atoms with Gasteiger partial charge in [0, 0.05) is 5.02 Å². The molecular weight excluding hydrogens is 300 g/mol. The van der Waals surface area contributed by atoms with Gasteiger partial charge in [-0.05, 0) is 56.3 Å². The maximum absolute atomic E-state index is 6.04. The van der Waals surface area contributed by atoms with Crippen molar-refractivity contribution in [1.82, 2.24) is 0 Å². The van der Waals surface area contributed by atoms with Crippen molar-refractivity contribution in [3.8, 4) is 33.4 Å². The summed E-state index contributed by atoms with van der Waals surface area (Å²) in [5, 5.41) is 3.44. The fourth-order valence-corrected chi connectivity index (χ4v) is 3.82. The van der Waals surface area contributed by atoms with Gasteiger partial charge < -0.3 is 0 Å². The molecule has 0 heterocycles. The molecule has 108 valence electrons. The van der Waals surface area contributed by atoms with Gasteiger partial charge in [0.2, 0.25) is 0 Å². The van der Waals surface area contributed by atoms with E-state index in [0.717, 1.165) is 5.02 Å². The normalized spacial score (nSPS) is 11.7. The van der Waals surface area contributed by atoms with E-state index in [1.807, 2.05) is 12.1 Å². The molecule has 0 spiro atoms. The first-order valence-corrected chi connectivity index (χ1v) is 8.12. The molecule has 0 amide bonds. The van der Waals surface area contributed by atoms with Gasteiger partial charge in [-0.25, -0.2) is 0 Å². The molecule has 23 heavy (non-hydrogen) atoms. The Bertz CT molecular complexity index is 1030. The van der Waals surface area contributed by atoms with E-state index in [0.29, 0.717) is 0 Å². The smallest absolute Gasteiger partial charge is 0.0406 e. The fourth-order valence-electron chi connectivity index (χ4n) is 3.69. The van der Waals surface area contributed by atoms with Gasteiger partial charge in [-0.3, -0.25) is 0 Å². The summed E-state index contributed by atoms with van der Waals surface area (Å²) in [5.41, 5.74) is 7.81. The minimum Gasteiger partial charge on any atom is -0.0843 e. The summed E-state index contributed by atoms with van der Waals surface area (Å²) in [6, 6.07) is 27.8. The van der Waals surface area contributed by atoms with Crippen LogP contribution in [0.5, 0.6) is 0 Å². The Morgan fingerprint density at radius 2 is 1.09 bits per heavy atom. The van der Waals surface area contributed by atoms with E-state index in [4.69, 9.17) is 11.6 Å². The molecular formula is C22H13Cl. The summed E-state index contributed by atoms with van der Waals surface area (Å²) in [6.45, 7) is 0. The fraction of sp³-hybridized carbons (Fsp3) is 0. The molecule has 0 aliphatic heterocycles. The molecule has 0 radical (unpaired) electrons. The van der Waals surface area contributed by atoms with Crippen molar-refractivity contribution in [2.24, 2.45) is 0 Å². The van der Waals surface area contributed by atoms with Gasteiger partial charge in [0.25, 0.3) is 0 Å². The second-order valence-electron chi connectivity index (χ2n) is 5.94. The summed E-state index contributed by atoms with van der Waals surface area (Å²) in [4.78, 5) is 0. The van der Waals surface area contributed by atoms with E-state index in [-0.39, 0.29) is 0 Å². The van der Waals surface area contributed by atoms with Crippen LogP contribution in [0.3, 0.4) is 0 Å². The molecule has 0 saturated carbocycles. The Morgan fingerprint density at radius 3 is 1.83 bits per heavy atom. The molecule has 0 N–H and O–H groups in total. The molecule has 1 aliphatic carbocycles. The van der Waals surface area contributed by atoms with Crippen LogP contribution in [-0.4, -0.2) is 0 Å². The number of benzene rings is 4. The molecule has 0 bridgehead atoms. The molecule has 0 saturated heterocycles. The highest BCUT2D eigenvalue weighted by atomic mass is 35.5. The van der Waals surface area contributed by atoms with E-state index in [1.165, 1.54) is 44.2 Å². The van der Waals surface area contributed by atoms with Crippen LogP contribution in [0.4, 0.5) is 0 Å². The third kappa shape index (κ3) is 1.79. The predicted octanol–water partition coefficient (Wildman–Crippen LogP) is 6.81. The van der Waals surface area contributed by atoms with Crippen molar-refractivity contribution in [3.05, 3.63) is 83.9 Å². The summed E-state index contributed by atoms with van der Waals surface area (Å²) in [7, 11) is 0. The van der Waals surface area contributed by atoms with Crippen molar-refractivity contribution in [2.45, 2.75) is 0 Å². The molecule has 4 aromatic rings. The Balaban J connectivity index is 1.87. The average Bonchev–Trinajstić information content (AvgIpc) is 2.93. The van der Waals surface area contributed by atoms with Gasteiger partial charge in [0.05, 0.1) is 0 Å². The van der Waals surface area contributed by atoms with Crippen molar-refractivity contribution < 1.29 is 0 Å². The lowest BCUT2D eigenvalue weighted by molar-refractivity contribution is 1.65. The van der Waals surface area contributed by atoms with Gasteiger partial charge in [-0.1, -0.05) is 78.3 Å². The zero-order valence-corrected chi connectivity index (χ0v) is 13.1. The summed E-state index contributed by atoms with van der Waals surface area (Å²) in [6.07, 6.45) is 0. The van der Waals surface area contributed by atoms with Crippen LogP contribution in [0.25, 0.3) is 44.2 Å². The summed E-state index contributed by atoms with van der Waals surface area (Å²) in [5.74, 6) is 0. The number of fused-ring (bicyclic) bond motifs is 3. The van der Waals surface area contributed by atoms with Crippen LogP contribution in [0.1, 0.15) is 0 Å². The van der Waals surface area contributed by atoms with Crippen molar-refractivity contribution in [3.63, 3.8) is 0 Å². The second kappa shape index (κ2) is 4.71. The van der Waals surface area contributed by atoms with Gasteiger partial charge in [-0.2, -0.15) is 0 Å². The lowest BCUT2D eigenvalue weighted by Gasteiger charge is -2.09. The average molecular weight is 313 g/mol. The molecule has 0 fully saturated rings. The van der Waals surface area contributed by atoms with Crippen LogP contribution < -0.4 is 0 Å². The molecule has 5 rings (SSSR count). The van der Waals surface area contributed by atoms with E-state index in [2.05, 4.69) is 66.7 Å². The van der Waals surface area contributed by atoms with E-state index < -0.39 is 0 Å². The quantitative estimate of drug-likeness (QED) is 0.319. The Labute approximate surface area is 140 Å². The standard InChI is InChI=1S/C22H13Cl/c23-15-10-8-14(9-11-15)16-12-13-21-18-5-2-1-4-17(18)20-7-3-6-19(16)22(20)21/h1-13H. The maximum atomic E-state index is 6.04. The van der Waals surface area contributed by atoms with Crippen LogP contribution in [0.2, 0.25) is 5.02 Å². The van der Waals surface area contributed by atoms with Crippen molar-refractivity contribution >= 4 is 22.4 Å². The van der Waals surface area contributed by atoms with E-state index >= 15 is 0 Å². The Hall–Kier alpha value is -2.57. The van der Waals surface area contributed by atoms with Gasteiger partial charge in [-0.15, -0.1) is 0 Å². The Kier molecular flexibility index (Phi) is 2.65. The number of hydrogen-bond acceptors (Lipinski definition) is 0. The molecule has 0 atom stereocenters. The molecule has 0 aromatic heterocycles. The summed E-state index contributed by atoms with van der Waals surface area (Å²) < 4.78 is 0. The van der Waals surface area contributed by atoms with Crippen LogP contribution >= 0.6 is 11.6 Å². The zero-order chi connectivity index (χ0) is 15.4. The summed E-state index contributed by atoms with van der Waals surface area (Å²) >= 11 is 6.04. The lowest BCUT2D eigenvalue weighted by Crippen LogP contribution is -1.83. The van der Waals surface area contributed by atoms with Gasteiger partial charge >= 0.3 is 0 Å². The van der Waals surface area contributed by atoms with Crippen LogP contribution in [-0.2, 0) is 0 Å². The molecule has 1 heteroatoms. The third-order valence-electron chi connectivity index (χ3n) is 4.70. The first kappa shape index (κ1) is 12.9. The third-order valence-corrected chi connectivity index (χ3v) is 4.96. The number of halogens is 1. The highest BCUT2D eigenvalue weighted by Gasteiger charge is 2.21. The molecule has 0 nitrogen and oxygen atoms in total. The van der Waals surface area contributed by atoms with Crippen LogP contribution in [0, 0.1) is 0 Å². The lowest BCUT2D eigenvalue weighted by atomic mass is 9.94. The Morgan fingerprint density at radius 1 is 0.478 bits per heavy atom. The molecule has 4 aromatic carbocycles. The van der Waals surface area contributed by atoms with E-state index in [9.17, 15) is 0 Å². The highest BCUT2D eigenvalue weighted by Crippen LogP contribution is 2.48.